The Bertz CT molecular complexity index is 801. The second-order valence-electron chi connectivity index (χ2n) is 5.38. The number of ether oxygens (including phenoxy) is 2. The first kappa shape index (κ1) is 14.2. The predicted molar refractivity (Wildman–Crippen MR) is 85.3 cm³/mol. The third-order valence-electron chi connectivity index (χ3n) is 3.54. The summed E-state index contributed by atoms with van der Waals surface area (Å²) in [4.78, 5) is 6.55. The Kier molecular flexibility index (Phi) is 3.72. The van der Waals surface area contributed by atoms with E-state index in [9.17, 15) is 0 Å². The quantitative estimate of drug-likeness (QED) is 0.716. The monoisotopic (exact) mass is 329 g/mol. The largest absolute Gasteiger partial charge is 0.454 e. The normalized spacial score (nSPS) is 13.0. The smallest absolute Gasteiger partial charge is 0.241 e. The molecule has 0 fully saturated rings. The fourth-order valence-corrected chi connectivity index (χ4v) is 3.10. The van der Waals surface area contributed by atoms with E-state index in [-0.39, 0.29) is 0 Å². The maximum absolute atomic E-state index is 5.40. The fraction of sp³-hybridized carbons (Fsp3) is 0.250. The molecular weight excluding hydrogens is 314 g/mol. The molecule has 1 aliphatic heterocycles. The number of hydrogen-bond donors (Lipinski definition) is 0. The van der Waals surface area contributed by atoms with Gasteiger partial charge < -0.3 is 14.0 Å². The van der Waals surface area contributed by atoms with E-state index in [4.69, 9.17) is 14.0 Å². The zero-order valence-corrected chi connectivity index (χ0v) is 13.4. The van der Waals surface area contributed by atoms with Crippen LogP contribution in [0.4, 0.5) is 0 Å². The molecule has 0 saturated heterocycles. The molecule has 6 nitrogen and oxygen atoms in total. The fourth-order valence-electron chi connectivity index (χ4n) is 2.47. The molecule has 1 aromatic carbocycles. The number of nitrogens with zero attached hydrogens (tertiary/aromatic N) is 3. The molecule has 3 heterocycles. The number of thiophene rings is 1. The van der Waals surface area contributed by atoms with Gasteiger partial charge in [-0.15, -0.1) is 0 Å². The highest BCUT2D eigenvalue weighted by Crippen LogP contribution is 2.32. The maximum Gasteiger partial charge on any atom is 0.241 e. The van der Waals surface area contributed by atoms with Gasteiger partial charge in [-0.3, -0.25) is 4.90 Å². The minimum Gasteiger partial charge on any atom is -0.454 e. The Morgan fingerprint density at radius 3 is 2.96 bits per heavy atom. The summed E-state index contributed by atoms with van der Waals surface area (Å²) in [7, 11) is 2.01. The third kappa shape index (κ3) is 3.06. The van der Waals surface area contributed by atoms with E-state index in [1.165, 1.54) is 0 Å². The molecule has 7 heteroatoms. The van der Waals surface area contributed by atoms with E-state index in [2.05, 4.69) is 15.0 Å². The molecule has 0 spiro atoms. The van der Waals surface area contributed by atoms with Crippen LogP contribution in [0.25, 0.3) is 11.4 Å². The minimum absolute atomic E-state index is 0.294. The lowest BCUT2D eigenvalue weighted by atomic mass is 10.2. The summed E-state index contributed by atoms with van der Waals surface area (Å²) in [5.41, 5.74) is 2.14. The molecule has 0 aliphatic carbocycles. The van der Waals surface area contributed by atoms with Crippen molar-refractivity contribution in [1.82, 2.24) is 15.0 Å². The van der Waals surface area contributed by atoms with Gasteiger partial charge in [-0.2, -0.15) is 16.3 Å². The average Bonchev–Trinajstić information content (AvgIpc) is 3.27. The topological polar surface area (TPSA) is 60.6 Å². The summed E-state index contributed by atoms with van der Waals surface area (Å²) in [6, 6.07) is 7.96. The molecule has 0 saturated carbocycles. The maximum atomic E-state index is 5.40. The van der Waals surface area contributed by atoms with E-state index >= 15 is 0 Å². The van der Waals surface area contributed by atoms with Crippen LogP contribution in [0.1, 0.15) is 11.5 Å². The van der Waals surface area contributed by atoms with Crippen LogP contribution in [0.15, 0.2) is 39.5 Å². The van der Waals surface area contributed by atoms with Crippen molar-refractivity contribution in [2.24, 2.45) is 0 Å². The summed E-state index contributed by atoms with van der Waals surface area (Å²) in [6.07, 6.45) is 0. The molecule has 118 valence electrons. The molecule has 0 radical (unpaired) electrons. The van der Waals surface area contributed by atoms with Crippen LogP contribution >= 0.6 is 11.3 Å². The number of benzene rings is 1. The first-order valence-electron chi connectivity index (χ1n) is 7.20. The Labute approximate surface area is 137 Å². The van der Waals surface area contributed by atoms with Gasteiger partial charge in [-0.05, 0) is 36.2 Å². The Hall–Kier alpha value is -2.38. The minimum atomic E-state index is 0.294. The zero-order valence-electron chi connectivity index (χ0n) is 12.6. The molecule has 0 bridgehead atoms. The first-order chi connectivity index (χ1) is 11.3. The molecule has 0 N–H and O–H groups in total. The van der Waals surface area contributed by atoms with Crippen molar-refractivity contribution in [3.05, 3.63) is 46.5 Å². The van der Waals surface area contributed by atoms with Crippen LogP contribution < -0.4 is 9.47 Å². The van der Waals surface area contributed by atoms with Gasteiger partial charge in [0.1, 0.15) is 0 Å². The van der Waals surface area contributed by atoms with Crippen LogP contribution in [-0.2, 0) is 13.1 Å². The SMILES string of the molecule is CN(Cc1ccc2c(c1)OCO2)Cc1nc(-c2ccsc2)no1. The summed E-state index contributed by atoms with van der Waals surface area (Å²) in [6.45, 7) is 1.64. The van der Waals surface area contributed by atoms with Gasteiger partial charge in [-0.1, -0.05) is 11.2 Å². The van der Waals surface area contributed by atoms with E-state index in [1.807, 2.05) is 42.1 Å². The molecule has 0 amide bonds. The van der Waals surface area contributed by atoms with E-state index < -0.39 is 0 Å². The van der Waals surface area contributed by atoms with E-state index in [1.54, 1.807) is 11.3 Å². The molecule has 23 heavy (non-hydrogen) atoms. The molecule has 4 rings (SSSR count). The predicted octanol–water partition coefficient (Wildman–Crippen LogP) is 3.16. The summed E-state index contributed by atoms with van der Waals surface area (Å²) in [5.74, 6) is 2.84. The Morgan fingerprint density at radius 1 is 1.17 bits per heavy atom. The van der Waals surface area contributed by atoms with Gasteiger partial charge in [-0.25, -0.2) is 0 Å². The number of fused-ring (bicyclic) bond motifs is 1. The van der Waals surface area contributed by atoms with Gasteiger partial charge in [0.25, 0.3) is 0 Å². The standard InChI is InChI=1S/C16H15N3O3S/c1-19(7-11-2-3-13-14(6-11)21-10-20-13)8-15-17-16(18-22-15)12-4-5-23-9-12/h2-6,9H,7-8,10H2,1H3. The number of rotatable bonds is 5. The lowest BCUT2D eigenvalue weighted by molar-refractivity contribution is 0.174. The third-order valence-corrected chi connectivity index (χ3v) is 4.23. The van der Waals surface area contributed by atoms with Gasteiger partial charge >= 0.3 is 0 Å². The second kappa shape index (κ2) is 6.02. The van der Waals surface area contributed by atoms with Crippen molar-refractivity contribution in [2.75, 3.05) is 13.8 Å². The van der Waals surface area contributed by atoms with Crippen molar-refractivity contribution in [3.8, 4) is 22.9 Å². The Balaban J connectivity index is 1.41. The lowest BCUT2D eigenvalue weighted by Gasteiger charge is -2.14. The van der Waals surface area contributed by atoms with E-state index in [0.717, 1.165) is 29.2 Å². The van der Waals surface area contributed by atoms with Crippen molar-refractivity contribution in [3.63, 3.8) is 0 Å². The first-order valence-corrected chi connectivity index (χ1v) is 8.14. The van der Waals surface area contributed by atoms with Gasteiger partial charge in [0.15, 0.2) is 11.5 Å². The second-order valence-corrected chi connectivity index (χ2v) is 6.16. The summed E-state index contributed by atoms with van der Waals surface area (Å²) < 4.78 is 16.1. The van der Waals surface area contributed by atoms with Crippen LogP contribution in [0.2, 0.25) is 0 Å². The van der Waals surface area contributed by atoms with Crippen LogP contribution in [0, 0.1) is 0 Å². The van der Waals surface area contributed by atoms with Crippen molar-refractivity contribution in [2.45, 2.75) is 13.1 Å². The molecule has 1 aliphatic rings. The van der Waals surface area contributed by atoms with Crippen LogP contribution in [0.3, 0.4) is 0 Å². The molecule has 2 aromatic heterocycles. The number of hydrogen-bond acceptors (Lipinski definition) is 7. The molecule has 0 atom stereocenters. The highest BCUT2D eigenvalue weighted by atomic mass is 32.1. The molecule has 0 unspecified atom stereocenters. The van der Waals surface area contributed by atoms with Gasteiger partial charge in [0, 0.05) is 17.5 Å². The summed E-state index contributed by atoms with van der Waals surface area (Å²) in [5, 5.41) is 8.03. The van der Waals surface area contributed by atoms with Crippen LogP contribution in [-0.4, -0.2) is 28.9 Å². The van der Waals surface area contributed by atoms with Crippen molar-refractivity contribution >= 4 is 11.3 Å². The molecule has 3 aromatic rings. The highest BCUT2D eigenvalue weighted by molar-refractivity contribution is 7.08. The van der Waals surface area contributed by atoms with Crippen LogP contribution in [0.5, 0.6) is 11.5 Å². The lowest BCUT2D eigenvalue weighted by Crippen LogP contribution is -2.17. The summed E-state index contributed by atoms with van der Waals surface area (Å²) >= 11 is 1.61. The van der Waals surface area contributed by atoms with Crippen molar-refractivity contribution in [1.29, 1.82) is 0 Å². The average molecular weight is 329 g/mol. The Morgan fingerprint density at radius 2 is 2.09 bits per heavy atom. The zero-order chi connectivity index (χ0) is 15.6. The van der Waals surface area contributed by atoms with Crippen molar-refractivity contribution < 1.29 is 14.0 Å². The molecular formula is C16H15N3O3S. The van der Waals surface area contributed by atoms with Gasteiger partial charge in [0.05, 0.1) is 6.54 Å². The van der Waals surface area contributed by atoms with Gasteiger partial charge in [0.2, 0.25) is 18.5 Å². The number of aromatic nitrogens is 2. The van der Waals surface area contributed by atoms with E-state index in [0.29, 0.717) is 25.1 Å². The highest BCUT2D eigenvalue weighted by Gasteiger charge is 2.15.